The van der Waals surface area contributed by atoms with Crippen molar-refractivity contribution >= 4 is 5.69 Å². The van der Waals surface area contributed by atoms with Gasteiger partial charge in [0.05, 0.1) is 6.10 Å². The largest absolute Gasteiger partial charge is 0.376 e. The van der Waals surface area contributed by atoms with Crippen LogP contribution in [-0.4, -0.2) is 31.8 Å². The molecule has 21 heavy (non-hydrogen) atoms. The number of hydrogen-bond donors (Lipinski definition) is 1. The lowest BCUT2D eigenvalue weighted by Crippen LogP contribution is -2.33. The van der Waals surface area contributed by atoms with Crippen molar-refractivity contribution in [2.45, 2.75) is 52.3 Å². The number of nitrogens with one attached hydrogen (secondary N) is 1. The Morgan fingerprint density at radius 3 is 2.86 bits per heavy atom. The van der Waals surface area contributed by atoms with Gasteiger partial charge in [-0.25, -0.2) is 4.39 Å². The maximum absolute atomic E-state index is 13.6. The van der Waals surface area contributed by atoms with Crippen LogP contribution in [0.3, 0.4) is 0 Å². The average Bonchev–Trinajstić information content (AvgIpc) is 2.96. The summed E-state index contributed by atoms with van der Waals surface area (Å²) in [5.74, 6) is -0.174. The van der Waals surface area contributed by atoms with E-state index in [0.717, 1.165) is 43.8 Å². The highest BCUT2D eigenvalue weighted by Crippen LogP contribution is 2.24. The van der Waals surface area contributed by atoms with Crippen molar-refractivity contribution < 1.29 is 9.13 Å². The van der Waals surface area contributed by atoms with Crippen LogP contribution in [0.15, 0.2) is 18.2 Å². The van der Waals surface area contributed by atoms with E-state index < -0.39 is 0 Å². The van der Waals surface area contributed by atoms with Crippen molar-refractivity contribution in [3.63, 3.8) is 0 Å². The molecule has 118 valence electrons. The monoisotopic (exact) mass is 294 g/mol. The Balaban J connectivity index is 2.13. The molecule has 1 aliphatic heterocycles. The third kappa shape index (κ3) is 4.68. The number of halogens is 1. The van der Waals surface area contributed by atoms with Gasteiger partial charge in [0.1, 0.15) is 5.82 Å². The highest BCUT2D eigenvalue weighted by Gasteiger charge is 2.20. The van der Waals surface area contributed by atoms with Gasteiger partial charge in [-0.3, -0.25) is 0 Å². The summed E-state index contributed by atoms with van der Waals surface area (Å²) in [5, 5.41) is 3.38. The highest BCUT2D eigenvalue weighted by atomic mass is 19.1. The van der Waals surface area contributed by atoms with Gasteiger partial charge in [0.15, 0.2) is 0 Å². The minimum absolute atomic E-state index is 0.174. The SMILES string of the molecule is CCN(CC1CCCO1)c1ccc(F)cc1CNC(C)C. The molecular formula is C17H27FN2O. The topological polar surface area (TPSA) is 24.5 Å². The van der Waals surface area contributed by atoms with Crippen molar-refractivity contribution in [1.29, 1.82) is 0 Å². The highest BCUT2D eigenvalue weighted by molar-refractivity contribution is 5.54. The van der Waals surface area contributed by atoms with Crippen molar-refractivity contribution in [1.82, 2.24) is 5.32 Å². The van der Waals surface area contributed by atoms with Gasteiger partial charge in [0.25, 0.3) is 0 Å². The van der Waals surface area contributed by atoms with Gasteiger partial charge in [-0.2, -0.15) is 0 Å². The number of hydrogen-bond acceptors (Lipinski definition) is 3. The van der Waals surface area contributed by atoms with E-state index in [0.29, 0.717) is 18.7 Å². The summed E-state index contributed by atoms with van der Waals surface area (Å²) < 4.78 is 19.3. The number of nitrogens with zero attached hydrogens (tertiary/aromatic N) is 1. The molecule has 0 spiro atoms. The standard InChI is InChI=1S/C17H27FN2O/c1-4-20(12-16-6-5-9-21-16)17-8-7-15(18)10-14(17)11-19-13(2)3/h7-8,10,13,16,19H,4-6,9,11-12H2,1-3H3. The number of ether oxygens (including phenoxy) is 1. The van der Waals surface area contributed by atoms with Crippen LogP contribution in [0.25, 0.3) is 0 Å². The smallest absolute Gasteiger partial charge is 0.123 e. The molecule has 2 rings (SSSR count). The molecule has 1 aliphatic rings. The van der Waals surface area contributed by atoms with E-state index in [4.69, 9.17) is 4.74 Å². The minimum atomic E-state index is -0.174. The molecule has 1 saturated heterocycles. The van der Waals surface area contributed by atoms with Crippen LogP contribution in [0, 0.1) is 5.82 Å². The Kier molecular flexibility index (Phi) is 6.00. The molecule has 0 radical (unpaired) electrons. The normalized spacial score (nSPS) is 18.4. The zero-order valence-corrected chi connectivity index (χ0v) is 13.4. The van der Waals surface area contributed by atoms with E-state index in [2.05, 4.69) is 31.0 Å². The lowest BCUT2D eigenvalue weighted by atomic mass is 10.1. The first-order chi connectivity index (χ1) is 10.1. The number of likely N-dealkylation sites (N-methyl/N-ethyl adjacent to an activating group) is 1. The summed E-state index contributed by atoms with van der Waals surface area (Å²) in [4.78, 5) is 2.30. The molecule has 1 aromatic carbocycles. The molecular weight excluding hydrogens is 267 g/mol. The van der Waals surface area contributed by atoms with E-state index >= 15 is 0 Å². The van der Waals surface area contributed by atoms with Gasteiger partial charge >= 0.3 is 0 Å². The van der Waals surface area contributed by atoms with Crippen LogP contribution in [-0.2, 0) is 11.3 Å². The van der Waals surface area contributed by atoms with Crippen LogP contribution < -0.4 is 10.2 Å². The number of benzene rings is 1. The fraction of sp³-hybridized carbons (Fsp3) is 0.647. The first kappa shape index (κ1) is 16.2. The summed E-state index contributed by atoms with van der Waals surface area (Å²) in [6.45, 7) is 9.68. The fourth-order valence-corrected chi connectivity index (χ4v) is 2.75. The van der Waals surface area contributed by atoms with Crippen LogP contribution in [0.1, 0.15) is 39.2 Å². The Bertz CT molecular complexity index is 444. The molecule has 4 heteroatoms. The molecule has 0 amide bonds. The van der Waals surface area contributed by atoms with E-state index in [1.807, 2.05) is 6.07 Å². The Morgan fingerprint density at radius 2 is 2.24 bits per heavy atom. The van der Waals surface area contributed by atoms with Gasteiger partial charge in [-0.1, -0.05) is 13.8 Å². The molecule has 1 fully saturated rings. The van der Waals surface area contributed by atoms with Crippen LogP contribution in [0.2, 0.25) is 0 Å². The molecule has 0 aromatic heterocycles. The number of anilines is 1. The molecule has 1 unspecified atom stereocenters. The van der Waals surface area contributed by atoms with Crippen LogP contribution >= 0.6 is 0 Å². The quantitative estimate of drug-likeness (QED) is 0.835. The molecule has 3 nitrogen and oxygen atoms in total. The molecule has 0 aliphatic carbocycles. The molecule has 1 heterocycles. The summed E-state index contributed by atoms with van der Waals surface area (Å²) in [5.41, 5.74) is 2.13. The van der Waals surface area contributed by atoms with Gasteiger partial charge in [0.2, 0.25) is 0 Å². The lowest BCUT2D eigenvalue weighted by molar-refractivity contribution is 0.115. The zero-order valence-electron chi connectivity index (χ0n) is 13.4. The maximum atomic E-state index is 13.6. The fourth-order valence-electron chi connectivity index (χ4n) is 2.75. The van der Waals surface area contributed by atoms with Crippen LogP contribution in [0.5, 0.6) is 0 Å². The summed E-state index contributed by atoms with van der Waals surface area (Å²) in [6, 6.07) is 5.47. The molecule has 0 bridgehead atoms. The van der Waals surface area contributed by atoms with Crippen LogP contribution in [0.4, 0.5) is 10.1 Å². The van der Waals surface area contributed by atoms with Gasteiger partial charge in [-0.05, 0) is 43.5 Å². The third-order valence-electron chi connectivity index (χ3n) is 3.91. The summed E-state index contributed by atoms with van der Waals surface area (Å²) >= 11 is 0. The summed E-state index contributed by atoms with van der Waals surface area (Å²) in [6.07, 6.45) is 2.57. The Morgan fingerprint density at radius 1 is 1.43 bits per heavy atom. The van der Waals surface area contributed by atoms with E-state index in [9.17, 15) is 4.39 Å². The predicted molar refractivity (Wildman–Crippen MR) is 85.2 cm³/mol. The molecule has 0 saturated carbocycles. The van der Waals surface area contributed by atoms with E-state index in [1.165, 1.54) is 0 Å². The molecule has 1 aromatic rings. The maximum Gasteiger partial charge on any atom is 0.123 e. The minimum Gasteiger partial charge on any atom is -0.376 e. The lowest BCUT2D eigenvalue weighted by Gasteiger charge is -2.28. The third-order valence-corrected chi connectivity index (χ3v) is 3.91. The van der Waals surface area contributed by atoms with Gasteiger partial charge in [-0.15, -0.1) is 0 Å². The Hall–Kier alpha value is -1.13. The molecule has 1 N–H and O–H groups in total. The second kappa shape index (κ2) is 7.76. The van der Waals surface area contributed by atoms with Crippen molar-refractivity contribution in [3.05, 3.63) is 29.6 Å². The number of rotatable bonds is 7. The van der Waals surface area contributed by atoms with Crippen molar-refractivity contribution in [3.8, 4) is 0 Å². The zero-order chi connectivity index (χ0) is 15.2. The van der Waals surface area contributed by atoms with Crippen molar-refractivity contribution in [2.24, 2.45) is 0 Å². The summed E-state index contributed by atoms with van der Waals surface area (Å²) in [7, 11) is 0. The first-order valence-corrected chi connectivity index (χ1v) is 7.98. The Labute approximate surface area is 127 Å². The van der Waals surface area contributed by atoms with Crippen molar-refractivity contribution in [2.75, 3.05) is 24.6 Å². The molecule has 1 atom stereocenters. The van der Waals surface area contributed by atoms with Gasteiger partial charge in [0, 0.05) is 38.0 Å². The van der Waals surface area contributed by atoms with E-state index in [1.54, 1.807) is 12.1 Å². The predicted octanol–water partition coefficient (Wildman–Crippen LogP) is 3.33. The average molecular weight is 294 g/mol. The van der Waals surface area contributed by atoms with Gasteiger partial charge < -0.3 is 15.0 Å². The second-order valence-electron chi connectivity index (χ2n) is 5.98. The first-order valence-electron chi connectivity index (χ1n) is 7.98. The second-order valence-corrected chi connectivity index (χ2v) is 5.98. The van der Waals surface area contributed by atoms with E-state index in [-0.39, 0.29) is 5.82 Å².